The Morgan fingerprint density at radius 2 is 1.20 bits per heavy atom. The number of hydrogen-bond acceptors (Lipinski definition) is 1. The lowest BCUT2D eigenvalue weighted by atomic mass is 9.95. The largest absolute Gasteiger partial charge is 0.311 e. The summed E-state index contributed by atoms with van der Waals surface area (Å²) in [5.74, 6) is 0. The third-order valence-electron chi connectivity index (χ3n) is 3.85. The second-order valence-electron chi connectivity index (χ2n) is 5.15. The molecule has 0 amide bonds. The molecular formula is C13H25N2. The van der Waals surface area contributed by atoms with Gasteiger partial charge in [0, 0.05) is 25.2 Å². The molecule has 1 N–H and O–H groups in total. The molecule has 87 valence electrons. The first kappa shape index (κ1) is 11.4. The molecule has 0 spiro atoms. The van der Waals surface area contributed by atoms with Crippen LogP contribution < -0.4 is 10.6 Å². The molecule has 0 unspecified atom stereocenters. The van der Waals surface area contributed by atoms with Crippen molar-refractivity contribution in [2.75, 3.05) is 13.1 Å². The Balaban J connectivity index is 1.70. The van der Waals surface area contributed by atoms with Crippen molar-refractivity contribution in [2.24, 2.45) is 0 Å². The molecule has 1 heterocycles. The minimum atomic E-state index is 0.770. The van der Waals surface area contributed by atoms with Crippen molar-refractivity contribution >= 4 is 0 Å². The van der Waals surface area contributed by atoms with Crippen LogP contribution in [0.3, 0.4) is 0 Å². The summed E-state index contributed by atoms with van der Waals surface area (Å²) < 4.78 is 0. The van der Waals surface area contributed by atoms with Gasteiger partial charge in [-0.2, -0.15) is 0 Å². The van der Waals surface area contributed by atoms with Crippen LogP contribution in [0.2, 0.25) is 0 Å². The molecule has 1 aliphatic heterocycles. The Morgan fingerprint density at radius 3 is 1.87 bits per heavy atom. The minimum Gasteiger partial charge on any atom is -0.311 e. The Bertz CT molecular complexity index is 156. The van der Waals surface area contributed by atoms with E-state index in [1.165, 1.54) is 57.8 Å². The zero-order valence-corrected chi connectivity index (χ0v) is 9.88. The zero-order valence-electron chi connectivity index (χ0n) is 9.88. The van der Waals surface area contributed by atoms with E-state index in [9.17, 15) is 0 Å². The molecule has 2 rings (SSSR count). The minimum absolute atomic E-state index is 0.770. The highest BCUT2D eigenvalue weighted by molar-refractivity contribution is 4.79. The second-order valence-corrected chi connectivity index (χ2v) is 5.15. The molecule has 1 saturated carbocycles. The maximum absolute atomic E-state index is 4.41. The Kier molecular flexibility index (Phi) is 4.94. The van der Waals surface area contributed by atoms with Gasteiger partial charge in [0.2, 0.25) is 0 Å². The molecular weight excluding hydrogens is 184 g/mol. The fraction of sp³-hybridized carbons (Fsp3) is 1.00. The predicted octanol–water partition coefficient (Wildman–Crippen LogP) is 2.46. The van der Waals surface area contributed by atoms with Gasteiger partial charge in [-0.3, -0.25) is 0 Å². The van der Waals surface area contributed by atoms with Crippen molar-refractivity contribution in [3.05, 3.63) is 0 Å². The average molecular weight is 209 g/mol. The van der Waals surface area contributed by atoms with Gasteiger partial charge in [0.1, 0.15) is 0 Å². The highest BCUT2D eigenvalue weighted by Crippen LogP contribution is 2.18. The molecule has 0 aromatic rings. The monoisotopic (exact) mass is 209 g/mol. The van der Waals surface area contributed by atoms with Gasteiger partial charge in [-0.05, 0) is 25.7 Å². The third kappa shape index (κ3) is 4.12. The van der Waals surface area contributed by atoms with Crippen LogP contribution in [0.15, 0.2) is 0 Å². The second kappa shape index (κ2) is 6.49. The van der Waals surface area contributed by atoms with E-state index in [1.807, 2.05) is 0 Å². The highest BCUT2D eigenvalue weighted by Gasteiger charge is 2.18. The number of nitrogens with zero attached hydrogens (tertiary/aromatic N) is 1. The van der Waals surface area contributed by atoms with E-state index in [0.717, 1.165) is 25.2 Å². The summed E-state index contributed by atoms with van der Waals surface area (Å²) in [5.41, 5.74) is 0. The quantitative estimate of drug-likeness (QED) is 0.743. The van der Waals surface area contributed by atoms with E-state index in [0.29, 0.717) is 0 Å². The van der Waals surface area contributed by atoms with E-state index in [2.05, 4.69) is 10.6 Å². The molecule has 0 bridgehead atoms. The van der Waals surface area contributed by atoms with Crippen LogP contribution in [-0.4, -0.2) is 25.2 Å². The Hall–Kier alpha value is -0.0800. The molecule has 2 fully saturated rings. The molecule has 0 aromatic heterocycles. The number of rotatable bonds is 2. The summed E-state index contributed by atoms with van der Waals surface area (Å²) in [6.45, 7) is 2.18. The SMILES string of the molecule is C1CCCC(NC2CC[N]CC2)CCC1. The molecule has 1 radical (unpaired) electrons. The summed E-state index contributed by atoms with van der Waals surface area (Å²) in [5, 5.41) is 8.28. The number of piperidine rings is 1. The lowest BCUT2D eigenvalue weighted by Crippen LogP contribution is -2.43. The first-order valence-corrected chi connectivity index (χ1v) is 6.84. The van der Waals surface area contributed by atoms with E-state index in [1.54, 1.807) is 0 Å². The summed E-state index contributed by atoms with van der Waals surface area (Å²) in [7, 11) is 0. The molecule has 2 nitrogen and oxygen atoms in total. The van der Waals surface area contributed by atoms with Gasteiger partial charge in [-0.1, -0.05) is 32.1 Å². The van der Waals surface area contributed by atoms with E-state index < -0.39 is 0 Å². The average Bonchev–Trinajstić information content (AvgIpc) is 2.23. The fourth-order valence-corrected chi connectivity index (χ4v) is 2.87. The molecule has 2 heteroatoms. The summed E-state index contributed by atoms with van der Waals surface area (Å²) >= 11 is 0. The van der Waals surface area contributed by atoms with Gasteiger partial charge in [-0.15, -0.1) is 0 Å². The maximum atomic E-state index is 4.41. The predicted molar refractivity (Wildman–Crippen MR) is 64.1 cm³/mol. The van der Waals surface area contributed by atoms with Crippen molar-refractivity contribution in [3.8, 4) is 0 Å². The van der Waals surface area contributed by atoms with Gasteiger partial charge in [0.25, 0.3) is 0 Å². The van der Waals surface area contributed by atoms with Crippen molar-refractivity contribution in [1.29, 1.82) is 0 Å². The van der Waals surface area contributed by atoms with Gasteiger partial charge in [-0.25, -0.2) is 5.32 Å². The number of nitrogens with one attached hydrogen (secondary N) is 1. The van der Waals surface area contributed by atoms with Crippen molar-refractivity contribution in [1.82, 2.24) is 10.6 Å². The Morgan fingerprint density at radius 1 is 0.667 bits per heavy atom. The van der Waals surface area contributed by atoms with Crippen LogP contribution in [-0.2, 0) is 0 Å². The molecule has 1 aliphatic carbocycles. The smallest absolute Gasteiger partial charge is 0.0148 e. The van der Waals surface area contributed by atoms with Crippen LogP contribution in [0.25, 0.3) is 0 Å². The van der Waals surface area contributed by atoms with Gasteiger partial charge in [0.05, 0.1) is 0 Å². The van der Waals surface area contributed by atoms with Gasteiger partial charge < -0.3 is 5.32 Å². The van der Waals surface area contributed by atoms with Crippen molar-refractivity contribution in [3.63, 3.8) is 0 Å². The standard InChI is InChI=1S/C13H25N2/c1-2-4-6-12(7-5-3-1)15-13-8-10-14-11-9-13/h12-13,15H,1-11H2. The molecule has 2 aliphatic rings. The van der Waals surface area contributed by atoms with Crippen molar-refractivity contribution < 1.29 is 0 Å². The third-order valence-corrected chi connectivity index (χ3v) is 3.85. The van der Waals surface area contributed by atoms with Crippen molar-refractivity contribution in [2.45, 2.75) is 69.9 Å². The lowest BCUT2D eigenvalue weighted by Gasteiger charge is -2.29. The topological polar surface area (TPSA) is 26.1 Å². The fourth-order valence-electron chi connectivity index (χ4n) is 2.87. The van der Waals surface area contributed by atoms with E-state index >= 15 is 0 Å². The normalized spacial score (nSPS) is 27.2. The molecule has 0 atom stereocenters. The first-order chi connectivity index (χ1) is 7.45. The van der Waals surface area contributed by atoms with Crippen LogP contribution in [0.5, 0.6) is 0 Å². The first-order valence-electron chi connectivity index (χ1n) is 6.84. The van der Waals surface area contributed by atoms with Crippen LogP contribution >= 0.6 is 0 Å². The van der Waals surface area contributed by atoms with E-state index in [-0.39, 0.29) is 0 Å². The summed E-state index contributed by atoms with van der Waals surface area (Å²) in [6.07, 6.45) is 12.6. The maximum Gasteiger partial charge on any atom is 0.0148 e. The molecule has 0 aromatic carbocycles. The van der Waals surface area contributed by atoms with Gasteiger partial charge >= 0.3 is 0 Å². The molecule has 15 heavy (non-hydrogen) atoms. The summed E-state index contributed by atoms with van der Waals surface area (Å²) in [4.78, 5) is 0. The highest BCUT2D eigenvalue weighted by atomic mass is 15.0. The van der Waals surface area contributed by atoms with Crippen LogP contribution in [0, 0.1) is 0 Å². The Labute approximate surface area is 94.2 Å². The summed E-state index contributed by atoms with van der Waals surface area (Å²) in [6, 6.07) is 1.58. The lowest BCUT2D eigenvalue weighted by molar-refractivity contribution is 0.307. The van der Waals surface area contributed by atoms with E-state index in [4.69, 9.17) is 0 Å². The molecule has 1 saturated heterocycles. The zero-order chi connectivity index (χ0) is 10.3. The van der Waals surface area contributed by atoms with Crippen LogP contribution in [0.4, 0.5) is 0 Å². The van der Waals surface area contributed by atoms with Crippen LogP contribution in [0.1, 0.15) is 57.8 Å². The number of hydrogen-bond donors (Lipinski definition) is 1. The van der Waals surface area contributed by atoms with Gasteiger partial charge in [0.15, 0.2) is 0 Å².